The normalized spacial score (nSPS) is 13.9. The fourth-order valence-electron chi connectivity index (χ4n) is 2.96. The molecular formula is C19H12ClNO. The number of fused-ring (bicyclic) bond motifs is 2. The van der Waals surface area contributed by atoms with Gasteiger partial charge in [-0.15, -0.1) is 0 Å². The van der Waals surface area contributed by atoms with Gasteiger partial charge in [-0.05, 0) is 23.1 Å². The maximum absolute atomic E-state index is 12.3. The van der Waals surface area contributed by atoms with Crippen LogP contribution in [0.2, 0.25) is 5.02 Å². The number of halogens is 1. The van der Waals surface area contributed by atoms with Crippen molar-refractivity contribution in [3.63, 3.8) is 0 Å². The van der Waals surface area contributed by atoms with Crippen LogP contribution < -0.4 is 0 Å². The Balaban J connectivity index is 1.91. The zero-order chi connectivity index (χ0) is 15.1. The summed E-state index contributed by atoms with van der Waals surface area (Å²) in [5.74, 6) is -0.170. The molecule has 0 saturated carbocycles. The van der Waals surface area contributed by atoms with E-state index in [1.807, 2.05) is 60.7 Å². The van der Waals surface area contributed by atoms with Gasteiger partial charge in [0.2, 0.25) is 0 Å². The van der Waals surface area contributed by atoms with Gasteiger partial charge in [-0.25, -0.2) is 4.99 Å². The lowest BCUT2D eigenvalue weighted by molar-refractivity contribution is 0.1000. The highest BCUT2D eigenvalue weighted by molar-refractivity contribution is 6.36. The van der Waals surface area contributed by atoms with Crippen LogP contribution in [0, 0.1) is 0 Å². The molecule has 0 atom stereocenters. The molecule has 0 aliphatic carbocycles. The number of amides is 1. The van der Waals surface area contributed by atoms with Crippen molar-refractivity contribution in [3.8, 4) is 0 Å². The minimum atomic E-state index is -0.170. The number of carbonyl (C=O) groups is 1. The molecule has 106 valence electrons. The van der Waals surface area contributed by atoms with Crippen LogP contribution in [-0.4, -0.2) is 11.6 Å². The first kappa shape index (κ1) is 13.2. The van der Waals surface area contributed by atoms with Crippen LogP contribution in [-0.2, 0) is 6.42 Å². The van der Waals surface area contributed by atoms with E-state index in [2.05, 4.69) is 4.99 Å². The standard InChI is InChI=1S/C19H12ClNO/c20-17-10-9-16(14-7-3-4-8-15(14)17)18-11-12-5-1-2-6-13(12)19(22)21-18/h1-10H,11H2. The number of hydrogen-bond acceptors (Lipinski definition) is 1. The molecule has 1 heterocycles. The molecule has 3 aromatic carbocycles. The van der Waals surface area contributed by atoms with Gasteiger partial charge >= 0.3 is 0 Å². The molecule has 0 radical (unpaired) electrons. The minimum absolute atomic E-state index is 0.170. The Labute approximate surface area is 133 Å². The maximum atomic E-state index is 12.3. The van der Waals surface area contributed by atoms with Crippen molar-refractivity contribution in [1.82, 2.24) is 0 Å². The highest BCUT2D eigenvalue weighted by Gasteiger charge is 2.21. The zero-order valence-corrected chi connectivity index (χ0v) is 12.5. The second-order valence-corrected chi connectivity index (χ2v) is 5.75. The molecule has 0 unspecified atom stereocenters. The number of hydrogen-bond donors (Lipinski definition) is 0. The molecule has 3 aromatic rings. The van der Waals surface area contributed by atoms with Crippen molar-refractivity contribution in [1.29, 1.82) is 0 Å². The van der Waals surface area contributed by atoms with Crippen molar-refractivity contribution in [2.75, 3.05) is 0 Å². The Morgan fingerprint density at radius 3 is 2.41 bits per heavy atom. The Morgan fingerprint density at radius 2 is 1.55 bits per heavy atom. The first-order valence-corrected chi connectivity index (χ1v) is 7.49. The SMILES string of the molecule is O=C1N=C(c2ccc(Cl)c3ccccc23)Cc2ccccc21. The first-order valence-electron chi connectivity index (χ1n) is 7.11. The lowest BCUT2D eigenvalue weighted by Gasteiger charge is -2.16. The third-order valence-corrected chi connectivity index (χ3v) is 4.35. The summed E-state index contributed by atoms with van der Waals surface area (Å²) in [4.78, 5) is 16.6. The van der Waals surface area contributed by atoms with Crippen molar-refractivity contribution in [3.05, 3.63) is 82.4 Å². The van der Waals surface area contributed by atoms with Gasteiger partial charge < -0.3 is 0 Å². The Hall–Kier alpha value is -2.45. The van der Waals surface area contributed by atoms with Gasteiger partial charge in [0.1, 0.15) is 0 Å². The summed E-state index contributed by atoms with van der Waals surface area (Å²) in [6, 6.07) is 19.4. The quantitative estimate of drug-likeness (QED) is 0.642. The number of carbonyl (C=O) groups excluding carboxylic acids is 1. The van der Waals surface area contributed by atoms with E-state index in [0.717, 1.165) is 27.6 Å². The van der Waals surface area contributed by atoms with Crippen molar-refractivity contribution >= 4 is 34.0 Å². The zero-order valence-electron chi connectivity index (χ0n) is 11.7. The number of nitrogens with zero attached hydrogens (tertiary/aromatic N) is 1. The lowest BCUT2D eigenvalue weighted by atomic mass is 9.92. The van der Waals surface area contributed by atoms with Crippen LogP contribution >= 0.6 is 11.6 Å². The molecule has 22 heavy (non-hydrogen) atoms. The third kappa shape index (κ3) is 2.04. The summed E-state index contributed by atoms with van der Waals surface area (Å²) in [6.07, 6.45) is 0.660. The summed E-state index contributed by atoms with van der Waals surface area (Å²) < 4.78 is 0. The van der Waals surface area contributed by atoms with E-state index in [0.29, 0.717) is 17.0 Å². The van der Waals surface area contributed by atoms with Crippen LogP contribution in [0.5, 0.6) is 0 Å². The van der Waals surface area contributed by atoms with Crippen LogP contribution in [0.1, 0.15) is 21.5 Å². The Morgan fingerprint density at radius 1 is 0.818 bits per heavy atom. The van der Waals surface area contributed by atoms with E-state index >= 15 is 0 Å². The smallest absolute Gasteiger partial charge is 0.267 e. The molecule has 0 N–H and O–H groups in total. The molecule has 0 aromatic heterocycles. The number of benzene rings is 3. The fraction of sp³-hybridized carbons (Fsp3) is 0.0526. The third-order valence-electron chi connectivity index (χ3n) is 4.02. The number of aliphatic imine (C=N–C) groups is 1. The van der Waals surface area contributed by atoms with Gasteiger partial charge in [-0.3, -0.25) is 4.79 Å². The van der Waals surface area contributed by atoms with Crippen LogP contribution in [0.15, 0.2) is 65.7 Å². The molecule has 2 nitrogen and oxygen atoms in total. The van der Waals surface area contributed by atoms with Gasteiger partial charge in [-0.1, -0.05) is 60.1 Å². The van der Waals surface area contributed by atoms with E-state index in [9.17, 15) is 4.79 Å². The van der Waals surface area contributed by atoms with Gasteiger partial charge in [0, 0.05) is 28.0 Å². The Kier molecular flexibility index (Phi) is 3.05. The Bertz CT molecular complexity index is 943. The molecule has 0 spiro atoms. The summed E-state index contributed by atoms with van der Waals surface area (Å²) in [6.45, 7) is 0. The van der Waals surface area contributed by atoms with Crippen LogP contribution in [0.4, 0.5) is 0 Å². The van der Waals surface area contributed by atoms with Crippen LogP contribution in [0.3, 0.4) is 0 Å². The molecular weight excluding hydrogens is 294 g/mol. The van der Waals surface area contributed by atoms with E-state index < -0.39 is 0 Å². The summed E-state index contributed by atoms with van der Waals surface area (Å²) >= 11 is 6.27. The van der Waals surface area contributed by atoms with E-state index in [4.69, 9.17) is 11.6 Å². The number of rotatable bonds is 1. The lowest BCUT2D eigenvalue weighted by Crippen LogP contribution is -2.17. The molecule has 0 bridgehead atoms. The van der Waals surface area contributed by atoms with E-state index in [1.165, 1.54) is 0 Å². The van der Waals surface area contributed by atoms with E-state index in [1.54, 1.807) is 0 Å². The largest absolute Gasteiger partial charge is 0.277 e. The highest BCUT2D eigenvalue weighted by atomic mass is 35.5. The average molecular weight is 306 g/mol. The van der Waals surface area contributed by atoms with Gasteiger partial charge in [-0.2, -0.15) is 0 Å². The molecule has 4 rings (SSSR count). The van der Waals surface area contributed by atoms with Crippen molar-refractivity contribution in [2.24, 2.45) is 4.99 Å². The molecule has 1 aliphatic rings. The minimum Gasteiger partial charge on any atom is -0.267 e. The maximum Gasteiger partial charge on any atom is 0.277 e. The van der Waals surface area contributed by atoms with Gasteiger partial charge in [0.05, 0.1) is 5.71 Å². The van der Waals surface area contributed by atoms with Gasteiger partial charge in [0.25, 0.3) is 5.91 Å². The van der Waals surface area contributed by atoms with Crippen molar-refractivity contribution in [2.45, 2.75) is 6.42 Å². The molecule has 3 heteroatoms. The summed E-state index contributed by atoms with van der Waals surface area (Å²) in [7, 11) is 0. The predicted octanol–water partition coefficient (Wildman–Crippen LogP) is 4.68. The fourth-order valence-corrected chi connectivity index (χ4v) is 3.18. The van der Waals surface area contributed by atoms with E-state index in [-0.39, 0.29) is 5.91 Å². The van der Waals surface area contributed by atoms with Gasteiger partial charge in [0.15, 0.2) is 0 Å². The highest BCUT2D eigenvalue weighted by Crippen LogP contribution is 2.29. The van der Waals surface area contributed by atoms with Crippen LogP contribution in [0.25, 0.3) is 10.8 Å². The second kappa shape index (κ2) is 5.08. The summed E-state index contributed by atoms with van der Waals surface area (Å²) in [5, 5.41) is 2.72. The topological polar surface area (TPSA) is 29.4 Å². The van der Waals surface area contributed by atoms with Crippen molar-refractivity contribution < 1.29 is 4.79 Å². The molecule has 1 aliphatic heterocycles. The molecule has 0 fully saturated rings. The molecule has 1 amide bonds. The second-order valence-electron chi connectivity index (χ2n) is 5.34. The molecule has 0 saturated heterocycles. The average Bonchev–Trinajstić information content (AvgIpc) is 2.55. The monoisotopic (exact) mass is 305 g/mol. The predicted molar refractivity (Wildman–Crippen MR) is 90.0 cm³/mol. The first-order chi connectivity index (χ1) is 10.7. The summed E-state index contributed by atoms with van der Waals surface area (Å²) in [5.41, 5.74) is 3.50.